The van der Waals surface area contributed by atoms with E-state index in [4.69, 9.17) is 4.74 Å². The fourth-order valence-electron chi connectivity index (χ4n) is 4.05. The quantitative estimate of drug-likeness (QED) is 0.760. The van der Waals surface area contributed by atoms with Crippen LogP contribution in [0.4, 0.5) is 0 Å². The summed E-state index contributed by atoms with van der Waals surface area (Å²) in [5.74, 6) is 0.147. The maximum absolute atomic E-state index is 10.7. The Hall–Kier alpha value is -2.73. The lowest BCUT2D eigenvalue weighted by molar-refractivity contribution is -0.00959. The molecule has 2 unspecified atom stereocenters. The van der Waals surface area contributed by atoms with Crippen molar-refractivity contribution in [2.75, 3.05) is 0 Å². The highest BCUT2D eigenvalue weighted by Crippen LogP contribution is 2.61. The smallest absolute Gasteiger partial charge is 0.205 e. The first-order chi connectivity index (χ1) is 11.6. The van der Waals surface area contributed by atoms with Crippen LogP contribution in [0.1, 0.15) is 37.0 Å². The van der Waals surface area contributed by atoms with Crippen LogP contribution in [0.25, 0.3) is 11.4 Å². The Balaban J connectivity index is 1.63. The van der Waals surface area contributed by atoms with Crippen molar-refractivity contribution < 1.29 is 14.9 Å². The van der Waals surface area contributed by atoms with Crippen LogP contribution in [-0.2, 0) is 10.3 Å². The van der Waals surface area contributed by atoms with Gasteiger partial charge in [0.1, 0.15) is 0 Å². The third kappa shape index (κ3) is 1.61. The van der Waals surface area contributed by atoms with E-state index in [1.165, 1.54) is 4.57 Å². The van der Waals surface area contributed by atoms with E-state index in [1.54, 1.807) is 12.5 Å². The molecular weight excluding hydrogens is 306 g/mol. The molecule has 3 aromatic rings. The van der Waals surface area contributed by atoms with Crippen molar-refractivity contribution in [1.29, 1.82) is 0 Å². The van der Waals surface area contributed by atoms with Crippen LogP contribution in [0.5, 0.6) is 11.8 Å². The first-order valence-electron chi connectivity index (χ1n) is 8.02. The predicted molar refractivity (Wildman–Crippen MR) is 86.6 cm³/mol. The van der Waals surface area contributed by atoms with Gasteiger partial charge in [0, 0.05) is 18.1 Å². The zero-order valence-corrected chi connectivity index (χ0v) is 13.2. The molecule has 1 aromatic carbocycles. The van der Waals surface area contributed by atoms with Gasteiger partial charge in [-0.3, -0.25) is 4.57 Å². The molecule has 24 heavy (non-hydrogen) atoms. The SMILES string of the molecule is CC12CCC(O1)c1c2c(O)n(-c2ccc(-n3ccnc3)cc2)c1O. The van der Waals surface area contributed by atoms with E-state index in [1.807, 2.05) is 42.0 Å². The molecule has 6 nitrogen and oxygen atoms in total. The standard InChI is InChI=1S/C18H17N3O3/c1-18-7-6-13(24-18)14-15(18)17(23)21(16(14)22)12-4-2-11(3-5-12)20-9-8-19-10-20/h2-5,8-10,13,22-23H,6-7H2,1H3. The number of imidazole rings is 1. The molecule has 2 aliphatic rings. The van der Waals surface area contributed by atoms with Crippen molar-refractivity contribution in [3.05, 3.63) is 54.1 Å². The fraction of sp³-hybridized carbons (Fsp3) is 0.278. The van der Waals surface area contributed by atoms with E-state index >= 15 is 0 Å². The van der Waals surface area contributed by atoms with Crippen molar-refractivity contribution in [2.24, 2.45) is 0 Å². The summed E-state index contributed by atoms with van der Waals surface area (Å²) in [6.07, 6.45) is 6.93. The minimum atomic E-state index is -0.496. The topological polar surface area (TPSA) is 72.4 Å². The summed E-state index contributed by atoms with van der Waals surface area (Å²) in [4.78, 5) is 4.04. The summed E-state index contributed by atoms with van der Waals surface area (Å²) in [6.45, 7) is 1.98. The Bertz CT molecular complexity index is 928. The third-order valence-corrected chi connectivity index (χ3v) is 5.20. The molecule has 0 saturated carbocycles. The summed E-state index contributed by atoms with van der Waals surface area (Å²) >= 11 is 0. The molecule has 2 N–H and O–H groups in total. The summed E-state index contributed by atoms with van der Waals surface area (Å²) in [5.41, 5.74) is 2.65. The average Bonchev–Trinajstić information content (AvgIpc) is 3.31. The Kier molecular flexibility index (Phi) is 2.52. The van der Waals surface area contributed by atoms with Crippen LogP contribution >= 0.6 is 0 Å². The molecule has 122 valence electrons. The molecule has 1 saturated heterocycles. The maximum atomic E-state index is 10.7. The van der Waals surface area contributed by atoms with E-state index in [9.17, 15) is 10.2 Å². The number of nitrogens with zero attached hydrogens (tertiary/aromatic N) is 3. The molecule has 1 fully saturated rings. The monoisotopic (exact) mass is 323 g/mol. The second-order valence-corrected chi connectivity index (χ2v) is 6.63. The highest BCUT2D eigenvalue weighted by molar-refractivity contribution is 5.59. The molecule has 5 rings (SSSR count). The second-order valence-electron chi connectivity index (χ2n) is 6.63. The van der Waals surface area contributed by atoms with Crippen LogP contribution < -0.4 is 0 Å². The Morgan fingerprint density at radius 1 is 1.17 bits per heavy atom. The number of aromatic nitrogens is 3. The van der Waals surface area contributed by atoms with Crippen LogP contribution in [0.3, 0.4) is 0 Å². The van der Waals surface area contributed by atoms with Gasteiger partial charge in [-0.05, 0) is 44.0 Å². The molecule has 0 spiro atoms. The summed E-state index contributed by atoms with van der Waals surface area (Å²) in [6, 6.07) is 7.59. The summed E-state index contributed by atoms with van der Waals surface area (Å²) in [7, 11) is 0. The predicted octanol–water partition coefficient (Wildman–Crippen LogP) is 3.15. The number of hydrogen-bond donors (Lipinski definition) is 2. The van der Waals surface area contributed by atoms with Gasteiger partial charge in [-0.2, -0.15) is 0 Å². The molecule has 2 bridgehead atoms. The lowest BCUT2D eigenvalue weighted by Gasteiger charge is -2.19. The number of aromatic hydroxyl groups is 2. The largest absolute Gasteiger partial charge is 0.494 e. The molecule has 0 amide bonds. The summed E-state index contributed by atoms with van der Waals surface area (Å²) in [5, 5.41) is 21.4. The second kappa shape index (κ2) is 4.42. The van der Waals surface area contributed by atoms with Crippen molar-refractivity contribution in [3.63, 3.8) is 0 Å². The number of fused-ring (bicyclic) bond motifs is 5. The number of hydrogen-bond acceptors (Lipinski definition) is 4. The van der Waals surface area contributed by atoms with Crippen LogP contribution in [0.15, 0.2) is 43.0 Å². The van der Waals surface area contributed by atoms with E-state index < -0.39 is 5.60 Å². The van der Waals surface area contributed by atoms with E-state index in [0.29, 0.717) is 5.69 Å². The zero-order valence-electron chi connectivity index (χ0n) is 13.2. The number of rotatable bonds is 2. The Morgan fingerprint density at radius 2 is 1.92 bits per heavy atom. The molecule has 4 heterocycles. The highest BCUT2D eigenvalue weighted by Gasteiger charge is 2.53. The van der Waals surface area contributed by atoms with Gasteiger partial charge < -0.3 is 19.5 Å². The van der Waals surface area contributed by atoms with Crippen molar-refractivity contribution in [1.82, 2.24) is 14.1 Å². The molecule has 2 atom stereocenters. The van der Waals surface area contributed by atoms with Crippen molar-refractivity contribution >= 4 is 0 Å². The normalized spacial score (nSPS) is 24.5. The van der Waals surface area contributed by atoms with Gasteiger partial charge in [0.05, 0.1) is 34.8 Å². The van der Waals surface area contributed by atoms with E-state index in [0.717, 1.165) is 29.7 Å². The summed E-state index contributed by atoms with van der Waals surface area (Å²) < 4.78 is 9.35. The fourth-order valence-corrected chi connectivity index (χ4v) is 4.05. The third-order valence-electron chi connectivity index (χ3n) is 5.20. The van der Waals surface area contributed by atoms with Gasteiger partial charge in [-0.15, -0.1) is 0 Å². The van der Waals surface area contributed by atoms with Gasteiger partial charge in [-0.25, -0.2) is 4.98 Å². The van der Waals surface area contributed by atoms with Crippen LogP contribution in [0.2, 0.25) is 0 Å². The Morgan fingerprint density at radius 3 is 2.58 bits per heavy atom. The first kappa shape index (κ1) is 13.7. The number of ether oxygens (including phenoxy) is 1. The highest BCUT2D eigenvalue weighted by atomic mass is 16.5. The van der Waals surface area contributed by atoms with Crippen LogP contribution in [0, 0.1) is 0 Å². The molecular formula is C18H17N3O3. The molecule has 0 aliphatic carbocycles. The average molecular weight is 323 g/mol. The molecule has 2 aromatic heterocycles. The van der Waals surface area contributed by atoms with Crippen LogP contribution in [-0.4, -0.2) is 24.3 Å². The van der Waals surface area contributed by atoms with Gasteiger partial charge in [0.15, 0.2) is 0 Å². The minimum absolute atomic E-state index is 0.0718. The molecule has 6 heteroatoms. The van der Waals surface area contributed by atoms with Crippen molar-refractivity contribution in [3.8, 4) is 23.1 Å². The molecule has 2 aliphatic heterocycles. The minimum Gasteiger partial charge on any atom is -0.494 e. The van der Waals surface area contributed by atoms with Gasteiger partial charge in [0.25, 0.3) is 0 Å². The maximum Gasteiger partial charge on any atom is 0.205 e. The van der Waals surface area contributed by atoms with E-state index in [-0.39, 0.29) is 17.9 Å². The molecule has 0 radical (unpaired) electrons. The van der Waals surface area contributed by atoms with Gasteiger partial charge in [0.2, 0.25) is 11.8 Å². The number of benzene rings is 1. The lowest BCUT2D eigenvalue weighted by atomic mass is 9.86. The van der Waals surface area contributed by atoms with Crippen molar-refractivity contribution in [2.45, 2.75) is 31.5 Å². The first-order valence-corrected chi connectivity index (χ1v) is 8.02. The van der Waals surface area contributed by atoms with E-state index in [2.05, 4.69) is 4.98 Å². The van der Waals surface area contributed by atoms with Gasteiger partial charge >= 0.3 is 0 Å². The zero-order chi connectivity index (χ0) is 16.5. The lowest BCUT2D eigenvalue weighted by Crippen LogP contribution is -2.16. The van der Waals surface area contributed by atoms with Gasteiger partial charge in [-0.1, -0.05) is 0 Å². The Labute approximate surface area is 138 Å².